The summed E-state index contributed by atoms with van der Waals surface area (Å²) in [7, 11) is 0. The van der Waals surface area contributed by atoms with Crippen molar-refractivity contribution in [3.63, 3.8) is 0 Å². The van der Waals surface area contributed by atoms with E-state index in [0.717, 1.165) is 18.8 Å². The second kappa shape index (κ2) is 5.30. The lowest BCUT2D eigenvalue weighted by atomic mass is 10.1. The molecule has 0 radical (unpaired) electrons. The van der Waals surface area contributed by atoms with Crippen molar-refractivity contribution in [1.29, 1.82) is 0 Å². The summed E-state index contributed by atoms with van der Waals surface area (Å²) in [4.78, 5) is 4.46. The predicted molar refractivity (Wildman–Crippen MR) is 67.6 cm³/mol. The molecule has 2 heterocycles. The van der Waals surface area contributed by atoms with Gasteiger partial charge in [-0.05, 0) is 38.8 Å². The Balaban J connectivity index is 2.16. The fraction of sp³-hybridized carbons (Fsp3) is 0.615. The number of pyridine rings is 1. The monoisotopic (exact) mass is 219 g/mol. The van der Waals surface area contributed by atoms with Gasteiger partial charge in [0.1, 0.15) is 5.82 Å². The van der Waals surface area contributed by atoms with E-state index < -0.39 is 0 Å². The first kappa shape index (κ1) is 11.4. The highest BCUT2D eigenvalue weighted by atomic mass is 15.0. The van der Waals surface area contributed by atoms with Crippen molar-refractivity contribution >= 4 is 5.82 Å². The Kier molecular flexibility index (Phi) is 3.78. The van der Waals surface area contributed by atoms with E-state index in [1.54, 1.807) is 0 Å². The van der Waals surface area contributed by atoms with Crippen LogP contribution in [0.3, 0.4) is 0 Å². The number of nitrogens with zero attached hydrogens (tertiary/aromatic N) is 1. The summed E-state index contributed by atoms with van der Waals surface area (Å²) in [5, 5.41) is 7.01. The summed E-state index contributed by atoms with van der Waals surface area (Å²) in [6, 6.07) is 5.17. The molecule has 1 aromatic rings. The average molecular weight is 219 g/mol. The van der Waals surface area contributed by atoms with Crippen LogP contribution in [0.2, 0.25) is 0 Å². The first-order chi connectivity index (χ1) is 7.81. The Bertz CT molecular complexity index is 332. The molecule has 1 fully saturated rings. The molecule has 1 saturated heterocycles. The molecule has 16 heavy (non-hydrogen) atoms. The van der Waals surface area contributed by atoms with Crippen LogP contribution >= 0.6 is 0 Å². The van der Waals surface area contributed by atoms with Crippen LogP contribution in [-0.4, -0.2) is 17.6 Å². The number of anilines is 1. The van der Waals surface area contributed by atoms with Crippen LogP contribution < -0.4 is 10.6 Å². The van der Waals surface area contributed by atoms with E-state index in [1.165, 1.54) is 18.4 Å². The molecule has 1 aliphatic heterocycles. The third-order valence-corrected chi connectivity index (χ3v) is 3.27. The van der Waals surface area contributed by atoms with Crippen LogP contribution in [0.4, 0.5) is 5.82 Å². The maximum atomic E-state index is 4.46. The lowest BCUT2D eigenvalue weighted by Crippen LogP contribution is -2.19. The van der Waals surface area contributed by atoms with E-state index in [4.69, 9.17) is 0 Å². The van der Waals surface area contributed by atoms with Crippen molar-refractivity contribution in [2.24, 2.45) is 0 Å². The van der Waals surface area contributed by atoms with Crippen molar-refractivity contribution in [2.45, 2.75) is 45.2 Å². The molecule has 0 saturated carbocycles. The molecule has 2 atom stereocenters. The summed E-state index contributed by atoms with van der Waals surface area (Å²) in [6.45, 7) is 5.51. The van der Waals surface area contributed by atoms with E-state index in [9.17, 15) is 0 Å². The summed E-state index contributed by atoms with van der Waals surface area (Å²) in [5.74, 6) is 1.05. The normalized spacial score (nSPS) is 22.0. The van der Waals surface area contributed by atoms with Gasteiger partial charge in [-0.3, -0.25) is 0 Å². The fourth-order valence-electron chi connectivity index (χ4n) is 2.10. The third kappa shape index (κ3) is 2.53. The second-order valence-electron chi connectivity index (χ2n) is 4.54. The SMILES string of the molecule is CC[C@@H](C)Nc1ncccc1[C@@H]1CCCN1. The topological polar surface area (TPSA) is 37.0 Å². The highest BCUT2D eigenvalue weighted by molar-refractivity contribution is 5.46. The van der Waals surface area contributed by atoms with Crippen molar-refractivity contribution in [1.82, 2.24) is 10.3 Å². The van der Waals surface area contributed by atoms with Crippen molar-refractivity contribution in [3.8, 4) is 0 Å². The molecule has 0 unspecified atom stereocenters. The zero-order valence-electron chi connectivity index (χ0n) is 10.2. The van der Waals surface area contributed by atoms with Gasteiger partial charge in [-0.15, -0.1) is 0 Å². The van der Waals surface area contributed by atoms with Gasteiger partial charge in [0, 0.05) is 23.8 Å². The van der Waals surface area contributed by atoms with Crippen molar-refractivity contribution < 1.29 is 0 Å². The van der Waals surface area contributed by atoms with Crippen LogP contribution in [0.15, 0.2) is 18.3 Å². The molecule has 88 valence electrons. The lowest BCUT2D eigenvalue weighted by molar-refractivity contribution is 0.643. The molecule has 2 rings (SSSR count). The molecule has 0 amide bonds. The molecule has 3 heteroatoms. The molecule has 1 aromatic heterocycles. The quantitative estimate of drug-likeness (QED) is 0.817. The highest BCUT2D eigenvalue weighted by Gasteiger charge is 2.19. The molecule has 3 nitrogen and oxygen atoms in total. The van der Waals surface area contributed by atoms with Gasteiger partial charge in [-0.25, -0.2) is 4.98 Å². The fourth-order valence-corrected chi connectivity index (χ4v) is 2.10. The van der Waals surface area contributed by atoms with Crippen LogP contribution in [0.5, 0.6) is 0 Å². The van der Waals surface area contributed by atoms with Gasteiger partial charge in [0.05, 0.1) is 0 Å². The number of aromatic nitrogens is 1. The van der Waals surface area contributed by atoms with Gasteiger partial charge in [0.2, 0.25) is 0 Å². The predicted octanol–water partition coefficient (Wildman–Crippen LogP) is 2.72. The molecule has 0 aromatic carbocycles. The molecule has 0 aliphatic carbocycles. The highest BCUT2D eigenvalue weighted by Crippen LogP contribution is 2.27. The smallest absolute Gasteiger partial charge is 0.130 e. The minimum absolute atomic E-state index is 0.482. The van der Waals surface area contributed by atoms with E-state index >= 15 is 0 Å². The third-order valence-electron chi connectivity index (χ3n) is 3.27. The van der Waals surface area contributed by atoms with Gasteiger partial charge < -0.3 is 10.6 Å². The summed E-state index contributed by atoms with van der Waals surface area (Å²) >= 11 is 0. The van der Waals surface area contributed by atoms with Gasteiger partial charge in [0.25, 0.3) is 0 Å². The van der Waals surface area contributed by atoms with Crippen molar-refractivity contribution in [2.75, 3.05) is 11.9 Å². The van der Waals surface area contributed by atoms with Gasteiger partial charge in [0.15, 0.2) is 0 Å². The summed E-state index contributed by atoms with van der Waals surface area (Å²) in [6.07, 6.45) is 5.47. The average Bonchev–Trinajstić information content (AvgIpc) is 2.83. The maximum Gasteiger partial charge on any atom is 0.130 e. The lowest BCUT2D eigenvalue weighted by Gasteiger charge is -2.19. The van der Waals surface area contributed by atoms with Crippen molar-refractivity contribution in [3.05, 3.63) is 23.9 Å². The second-order valence-corrected chi connectivity index (χ2v) is 4.54. The van der Waals surface area contributed by atoms with Crippen LogP contribution in [0.1, 0.15) is 44.7 Å². The Hall–Kier alpha value is -1.09. The summed E-state index contributed by atoms with van der Waals surface area (Å²) < 4.78 is 0. The Labute approximate surface area is 97.7 Å². The first-order valence-electron chi connectivity index (χ1n) is 6.26. The minimum Gasteiger partial charge on any atom is -0.367 e. The minimum atomic E-state index is 0.482. The Morgan fingerprint density at radius 2 is 2.50 bits per heavy atom. The number of hydrogen-bond acceptors (Lipinski definition) is 3. The molecule has 2 N–H and O–H groups in total. The number of rotatable bonds is 4. The van der Waals surface area contributed by atoms with Crippen LogP contribution in [-0.2, 0) is 0 Å². The number of hydrogen-bond donors (Lipinski definition) is 2. The largest absolute Gasteiger partial charge is 0.367 e. The van der Waals surface area contributed by atoms with E-state index in [2.05, 4.69) is 35.5 Å². The van der Waals surface area contributed by atoms with Gasteiger partial charge in [-0.2, -0.15) is 0 Å². The molecule has 0 spiro atoms. The van der Waals surface area contributed by atoms with Crippen LogP contribution in [0.25, 0.3) is 0 Å². The van der Waals surface area contributed by atoms with Gasteiger partial charge in [-0.1, -0.05) is 13.0 Å². The standard InChI is InChI=1S/C13H21N3/c1-3-10(2)16-13-11(6-4-9-15-13)12-7-5-8-14-12/h4,6,9-10,12,14H,3,5,7-8H2,1-2H3,(H,15,16)/t10-,12+/m1/s1. The van der Waals surface area contributed by atoms with Crippen LogP contribution in [0, 0.1) is 0 Å². The number of nitrogens with one attached hydrogen (secondary N) is 2. The Morgan fingerprint density at radius 1 is 1.62 bits per heavy atom. The van der Waals surface area contributed by atoms with E-state index in [1.807, 2.05) is 12.3 Å². The van der Waals surface area contributed by atoms with E-state index in [-0.39, 0.29) is 0 Å². The maximum absolute atomic E-state index is 4.46. The zero-order chi connectivity index (χ0) is 11.4. The molecule has 1 aliphatic rings. The molecular formula is C13H21N3. The zero-order valence-corrected chi connectivity index (χ0v) is 10.2. The molecule has 0 bridgehead atoms. The van der Waals surface area contributed by atoms with Gasteiger partial charge >= 0.3 is 0 Å². The summed E-state index contributed by atoms with van der Waals surface area (Å²) in [5.41, 5.74) is 1.32. The molecular weight excluding hydrogens is 198 g/mol. The first-order valence-corrected chi connectivity index (χ1v) is 6.26. The Morgan fingerprint density at radius 3 is 3.19 bits per heavy atom. The van der Waals surface area contributed by atoms with E-state index in [0.29, 0.717) is 12.1 Å².